The fourth-order valence-corrected chi connectivity index (χ4v) is 3.98. The lowest BCUT2D eigenvalue weighted by molar-refractivity contribution is 0.102. The Morgan fingerprint density at radius 1 is 0.750 bits per heavy atom. The van der Waals surface area contributed by atoms with Crippen LogP contribution in [0.25, 0.3) is 0 Å². The third-order valence-electron chi connectivity index (χ3n) is 4.19. The summed E-state index contributed by atoms with van der Waals surface area (Å²) in [6.45, 7) is 5.77. The van der Waals surface area contributed by atoms with E-state index in [9.17, 15) is 13.2 Å². The molecule has 3 aromatic carbocycles. The Kier molecular flexibility index (Phi) is 5.51. The highest BCUT2D eigenvalue weighted by molar-refractivity contribution is 7.92. The Hall–Kier alpha value is -3.12. The number of carbonyl (C=O) groups excluding carboxylic acids is 1. The lowest BCUT2D eigenvalue weighted by atomic mass is 10.1. The molecule has 5 nitrogen and oxygen atoms in total. The third-order valence-corrected chi connectivity index (χ3v) is 5.57. The predicted molar refractivity (Wildman–Crippen MR) is 112 cm³/mol. The van der Waals surface area contributed by atoms with Gasteiger partial charge in [-0.25, -0.2) is 8.42 Å². The van der Waals surface area contributed by atoms with Gasteiger partial charge in [-0.3, -0.25) is 9.52 Å². The number of benzene rings is 3. The molecule has 6 heteroatoms. The molecule has 144 valence electrons. The summed E-state index contributed by atoms with van der Waals surface area (Å²) in [4.78, 5) is 12.5. The molecule has 0 spiro atoms. The largest absolute Gasteiger partial charge is 0.322 e. The minimum Gasteiger partial charge on any atom is -0.322 e. The number of aryl methyl sites for hydroxylation is 3. The molecule has 0 fully saturated rings. The second-order valence-corrected chi connectivity index (χ2v) is 8.51. The van der Waals surface area contributed by atoms with Crippen molar-refractivity contribution < 1.29 is 13.2 Å². The maximum atomic E-state index is 12.8. The van der Waals surface area contributed by atoms with Crippen LogP contribution in [-0.2, 0) is 10.0 Å². The minimum atomic E-state index is -3.81. The summed E-state index contributed by atoms with van der Waals surface area (Å²) in [5, 5.41) is 2.77. The van der Waals surface area contributed by atoms with Crippen LogP contribution >= 0.6 is 0 Å². The molecule has 3 rings (SSSR count). The molecule has 0 aliphatic carbocycles. The van der Waals surface area contributed by atoms with Crippen LogP contribution in [0, 0.1) is 20.8 Å². The van der Waals surface area contributed by atoms with E-state index in [4.69, 9.17) is 0 Å². The van der Waals surface area contributed by atoms with Gasteiger partial charge in [0.25, 0.3) is 15.9 Å². The van der Waals surface area contributed by atoms with Crippen LogP contribution < -0.4 is 10.0 Å². The fraction of sp³-hybridized carbons (Fsp3) is 0.136. The number of sulfonamides is 1. The Morgan fingerprint density at radius 3 is 2.04 bits per heavy atom. The van der Waals surface area contributed by atoms with E-state index in [0.717, 1.165) is 16.7 Å². The molecule has 0 atom stereocenters. The summed E-state index contributed by atoms with van der Waals surface area (Å²) in [6, 6.07) is 18.9. The first-order valence-electron chi connectivity index (χ1n) is 8.82. The van der Waals surface area contributed by atoms with Gasteiger partial charge in [0.15, 0.2) is 0 Å². The summed E-state index contributed by atoms with van der Waals surface area (Å²) in [6.07, 6.45) is 0. The van der Waals surface area contributed by atoms with Crippen molar-refractivity contribution in [3.8, 4) is 0 Å². The van der Waals surface area contributed by atoms with Crippen LogP contribution in [0.15, 0.2) is 71.6 Å². The molecule has 2 N–H and O–H groups in total. The molecule has 1 amide bonds. The van der Waals surface area contributed by atoms with Gasteiger partial charge in [0.1, 0.15) is 0 Å². The van der Waals surface area contributed by atoms with Gasteiger partial charge in [0.05, 0.1) is 4.90 Å². The smallest absolute Gasteiger partial charge is 0.261 e. The van der Waals surface area contributed by atoms with Gasteiger partial charge < -0.3 is 5.32 Å². The minimum absolute atomic E-state index is 0.0308. The van der Waals surface area contributed by atoms with Gasteiger partial charge in [-0.1, -0.05) is 29.8 Å². The topological polar surface area (TPSA) is 75.3 Å². The molecule has 0 aliphatic heterocycles. The van der Waals surface area contributed by atoms with Crippen LogP contribution in [0.2, 0.25) is 0 Å². The number of carbonyl (C=O) groups is 1. The van der Waals surface area contributed by atoms with Gasteiger partial charge >= 0.3 is 0 Å². The summed E-state index contributed by atoms with van der Waals surface area (Å²) in [5.74, 6) is -0.368. The highest BCUT2D eigenvalue weighted by Crippen LogP contribution is 2.20. The van der Waals surface area contributed by atoms with Crippen LogP contribution in [0.5, 0.6) is 0 Å². The molecule has 0 aromatic heterocycles. The number of amides is 1. The molecule has 0 saturated carbocycles. The number of rotatable bonds is 5. The average Bonchev–Trinajstić information content (AvgIpc) is 2.62. The molecule has 0 radical (unpaired) electrons. The van der Waals surface area contributed by atoms with E-state index in [2.05, 4.69) is 10.0 Å². The van der Waals surface area contributed by atoms with E-state index < -0.39 is 10.0 Å². The lowest BCUT2D eigenvalue weighted by Crippen LogP contribution is -2.16. The van der Waals surface area contributed by atoms with Crippen molar-refractivity contribution in [1.82, 2.24) is 0 Å². The Bertz CT molecular complexity index is 1100. The summed E-state index contributed by atoms with van der Waals surface area (Å²) in [5.41, 5.74) is 4.42. The van der Waals surface area contributed by atoms with E-state index in [1.807, 2.05) is 39.0 Å². The summed E-state index contributed by atoms with van der Waals surface area (Å²) < 4.78 is 28.1. The van der Waals surface area contributed by atoms with Crippen LogP contribution in [0.4, 0.5) is 11.4 Å². The summed E-state index contributed by atoms with van der Waals surface area (Å²) in [7, 11) is -3.81. The number of hydrogen-bond acceptors (Lipinski definition) is 3. The van der Waals surface area contributed by atoms with Crippen molar-refractivity contribution in [1.29, 1.82) is 0 Å². The van der Waals surface area contributed by atoms with Gasteiger partial charge in [-0.2, -0.15) is 0 Å². The van der Waals surface area contributed by atoms with E-state index in [0.29, 0.717) is 11.4 Å². The Morgan fingerprint density at radius 2 is 1.39 bits per heavy atom. The first kappa shape index (κ1) is 19.6. The zero-order chi connectivity index (χ0) is 20.3. The monoisotopic (exact) mass is 394 g/mol. The highest BCUT2D eigenvalue weighted by Gasteiger charge is 2.17. The van der Waals surface area contributed by atoms with E-state index in [-0.39, 0.29) is 16.4 Å². The van der Waals surface area contributed by atoms with Crippen molar-refractivity contribution in [3.05, 3.63) is 89.0 Å². The number of anilines is 2. The fourth-order valence-electron chi connectivity index (χ4n) is 2.89. The molecule has 0 aliphatic rings. The molecule has 28 heavy (non-hydrogen) atoms. The molecular formula is C22H22N2O3S. The predicted octanol–water partition coefficient (Wildman–Crippen LogP) is 4.66. The van der Waals surface area contributed by atoms with Gasteiger partial charge in [0, 0.05) is 16.9 Å². The maximum absolute atomic E-state index is 12.8. The molecule has 0 bridgehead atoms. The van der Waals surface area contributed by atoms with E-state index in [1.165, 1.54) is 12.1 Å². The molecular weight excluding hydrogens is 372 g/mol. The zero-order valence-electron chi connectivity index (χ0n) is 16.0. The van der Waals surface area contributed by atoms with Crippen molar-refractivity contribution in [2.45, 2.75) is 25.7 Å². The normalized spacial score (nSPS) is 11.1. The third kappa shape index (κ3) is 4.78. The first-order valence-corrected chi connectivity index (χ1v) is 10.3. The van der Waals surface area contributed by atoms with E-state index in [1.54, 1.807) is 36.4 Å². The summed E-state index contributed by atoms with van der Waals surface area (Å²) >= 11 is 0. The van der Waals surface area contributed by atoms with Crippen molar-refractivity contribution in [2.24, 2.45) is 0 Å². The first-order chi connectivity index (χ1) is 13.2. The van der Waals surface area contributed by atoms with Crippen LogP contribution in [0.3, 0.4) is 0 Å². The van der Waals surface area contributed by atoms with Crippen LogP contribution in [-0.4, -0.2) is 14.3 Å². The van der Waals surface area contributed by atoms with Crippen molar-refractivity contribution in [2.75, 3.05) is 10.0 Å². The Balaban J connectivity index is 1.83. The Labute approximate surface area is 165 Å². The maximum Gasteiger partial charge on any atom is 0.261 e. The van der Waals surface area contributed by atoms with E-state index >= 15 is 0 Å². The van der Waals surface area contributed by atoms with Gasteiger partial charge in [0.2, 0.25) is 0 Å². The molecule has 0 unspecified atom stereocenters. The second kappa shape index (κ2) is 7.86. The highest BCUT2D eigenvalue weighted by atomic mass is 32.2. The van der Waals surface area contributed by atoms with Crippen molar-refractivity contribution >= 4 is 27.3 Å². The average molecular weight is 394 g/mol. The zero-order valence-corrected chi connectivity index (χ0v) is 16.8. The number of nitrogens with one attached hydrogen (secondary N) is 2. The van der Waals surface area contributed by atoms with Crippen molar-refractivity contribution in [3.63, 3.8) is 0 Å². The quantitative estimate of drug-likeness (QED) is 0.661. The lowest BCUT2D eigenvalue weighted by Gasteiger charge is -2.11. The second-order valence-electron chi connectivity index (χ2n) is 6.83. The standard InChI is InChI=1S/C22H22N2O3S/c1-15-7-9-19(10-8-15)23-22(25)18-5-4-6-21(14-18)28(26,27)24-20-12-16(2)11-17(3)13-20/h4-14,24H,1-3H3,(H,23,25). The SMILES string of the molecule is Cc1ccc(NC(=O)c2cccc(S(=O)(=O)Nc3cc(C)cc(C)c3)c2)cc1. The van der Waals surface area contributed by atoms with Gasteiger partial charge in [-0.05, 0) is 74.4 Å². The molecule has 0 saturated heterocycles. The molecule has 0 heterocycles. The number of hydrogen-bond donors (Lipinski definition) is 2. The van der Waals surface area contributed by atoms with Gasteiger partial charge in [-0.15, -0.1) is 0 Å². The molecule has 3 aromatic rings. The van der Waals surface area contributed by atoms with Crippen LogP contribution in [0.1, 0.15) is 27.0 Å².